The van der Waals surface area contributed by atoms with Crippen molar-refractivity contribution in [1.29, 1.82) is 0 Å². The lowest BCUT2D eigenvalue weighted by molar-refractivity contribution is 0.177. The summed E-state index contributed by atoms with van der Waals surface area (Å²) < 4.78 is 0. The summed E-state index contributed by atoms with van der Waals surface area (Å²) in [5, 5.41) is 11.2. The minimum Gasteiger partial charge on any atom is -0.388 e. The van der Waals surface area contributed by atoms with Crippen LogP contribution in [0.25, 0.3) is 0 Å². The van der Waals surface area contributed by atoms with E-state index in [0.717, 1.165) is 18.4 Å². The van der Waals surface area contributed by atoms with E-state index in [2.05, 4.69) is 79.7 Å². The number of hydrogen-bond donors (Lipinski definition) is 1. The topological polar surface area (TPSA) is 20.2 Å². The first-order chi connectivity index (χ1) is 12.4. The van der Waals surface area contributed by atoms with Gasteiger partial charge < -0.3 is 5.11 Å². The molecule has 27 heavy (non-hydrogen) atoms. The third-order valence-corrected chi connectivity index (χ3v) is 6.35. The van der Waals surface area contributed by atoms with Crippen molar-refractivity contribution in [2.45, 2.75) is 91.6 Å². The summed E-state index contributed by atoms with van der Waals surface area (Å²) in [6.07, 6.45) is 2.33. The molecule has 0 heterocycles. The van der Waals surface area contributed by atoms with Crippen LogP contribution >= 0.6 is 0 Å². The molecule has 0 saturated carbocycles. The van der Waals surface area contributed by atoms with Crippen molar-refractivity contribution in [1.82, 2.24) is 0 Å². The molecule has 1 nitrogen and oxygen atoms in total. The predicted molar refractivity (Wildman–Crippen MR) is 116 cm³/mol. The summed E-state index contributed by atoms with van der Waals surface area (Å²) in [7, 11) is 0. The minimum atomic E-state index is -0.453. The van der Waals surface area contributed by atoms with E-state index in [1.165, 1.54) is 38.9 Å². The third-order valence-electron chi connectivity index (χ3n) is 6.35. The van der Waals surface area contributed by atoms with Crippen LogP contribution in [0, 0.1) is 13.8 Å². The first kappa shape index (κ1) is 20.1. The molecule has 0 aromatic heterocycles. The van der Waals surface area contributed by atoms with Gasteiger partial charge in [0.15, 0.2) is 0 Å². The van der Waals surface area contributed by atoms with Crippen molar-refractivity contribution in [3.63, 3.8) is 0 Å². The molecule has 1 atom stereocenters. The van der Waals surface area contributed by atoms with E-state index >= 15 is 0 Å². The first-order valence-corrected chi connectivity index (χ1v) is 10.3. The number of aliphatic hydroxyl groups is 1. The molecule has 1 unspecified atom stereocenters. The standard InChI is InChI=1S/C26H36O/c1-16-18-9-10-19-12-22(26(6,7)8)15-23(17(19)2)24(27)14-20(16)13-21(11-18)25(3,4)5/h11-13,15,24,27H,9-10,14H2,1-8H3. The Kier molecular flexibility index (Phi) is 5.06. The molecule has 1 aliphatic rings. The SMILES string of the molecule is Cc1c2cc(C(C)(C)C)cc1CC(O)c1cc(C(C)(C)C)cc(c1C)CC2. The molecule has 0 spiro atoms. The van der Waals surface area contributed by atoms with Crippen molar-refractivity contribution < 1.29 is 5.11 Å². The van der Waals surface area contributed by atoms with Gasteiger partial charge in [0.25, 0.3) is 0 Å². The number of fused-ring (bicyclic) bond motifs is 4. The van der Waals surface area contributed by atoms with Crippen molar-refractivity contribution in [3.05, 3.63) is 68.8 Å². The zero-order chi connectivity index (χ0) is 20.1. The van der Waals surface area contributed by atoms with Gasteiger partial charge in [0, 0.05) is 6.42 Å². The van der Waals surface area contributed by atoms with Gasteiger partial charge >= 0.3 is 0 Å². The van der Waals surface area contributed by atoms with E-state index in [4.69, 9.17) is 0 Å². The van der Waals surface area contributed by atoms with Gasteiger partial charge in [-0.1, -0.05) is 65.8 Å². The van der Waals surface area contributed by atoms with Crippen LogP contribution in [-0.2, 0) is 30.1 Å². The van der Waals surface area contributed by atoms with Crippen LogP contribution < -0.4 is 0 Å². The lowest BCUT2D eigenvalue weighted by Crippen LogP contribution is -2.18. The van der Waals surface area contributed by atoms with Crippen LogP contribution in [0.4, 0.5) is 0 Å². The summed E-state index contributed by atoms with van der Waals surface area (Å²) in [6, 6.07) is 9.34. The number of aliphatic hydroxyl groups excluding tert-OH is 1. The van der Waals surface area contributed by atoms with E-state index in [0.29, 0.717) is 6.42 Å². The Morgan fingerprint density at radius 3 is 1.67 bits per heavy atom. The Bertz CT molecular complexity index is 859. The number of benzene rings is 2. The normalized spacial score (nSPS) is 17.7. The van der Waals surface area contributed by atoms with Crippen LogP contribution in [0.15, 0.2) is 24.3 Å². The summed E-state index contributed by atoms with van der Waals surface area (Å²) in [5.41, 5.74) is 10.8. The van der Waals surface area contributed by atoms with Gasteiger partial charge in [-0.25, -0.2) is 0 Å². The number of aryl methyl sites for hydroxylation is 2. The predicted octanol–water partition coefficient (Wildman–Crippen LogP) is 6.27. The highest BCUT2D eigenvalue weighted by molar-refractivity contribution is 5.47. The van der Waals surface area contributed by atoms with Crippen molar-refractivity contribution in [3.8, 4) is 0 Å². The van der Waals surface area contributed by atoms with Crippen molar-refractivity contribution >= 4 is 0 Å². The molecule has 0 fully saturated rings. The van der Waals surface area contributed by atoms with Gasteiger partial charge in [0.2, 0.25) is 0 Å². The Morgan fingerprint density at radius 1 is 0.704 bits per heavy atom. The molecule has 2 aromatic rings. The van der Waals surface area contributed by atoms with Crippen LogP contribution in [0.5, 0.6) is 0 Å². The fourth-order valence-electron chi connectivity index (χ4n) is 4.17. The largest absolute Gasteiger partial charge is 0.388 e. The van der Waals surface area contributed by atoms with E-state index in [-0.39, 0.29) is 10.8 Å². The van der Waals surface area contributed by atoms with Crippen LogP contribution in [-0.4, -0.2) is 5.11 Å². The smallest absolute Gasteiger partial charge is 0.0833 e. The zero-order valence-corrected chi connectivity index (χ0v) is 18.5. The Balaban J connectivity index is 2.17. The zero-order valence-electron chi connectivity index (χ0n) is 18.5. The van der Waals surface area contributed by atoms with E-state index in [1.807, 2.05) is 0 Å². The highest BCUT2D eigenvalue weighted by Crippen LogP contribution is 2.35. The summed E-state index contributed by atoms with van der Waals surface area (Å²) in [6.45, 7) is 18.0. The van der Waals surface area contributed by atoms with E-state index in [1.54, 1.807) is 0 Å². The van der Waals surface area contributed by atoms with Crippen molar-refractivity contribution in [2.75, 3.05) is 0 Å². The molecular formula is C26H36O. The Hall–Kier alpha value is -1.60. The molecule has 146 valence electrons. The molecule has 0 amide bonds. The van der Waals surface area contributed by atoms with Gasteiger partial charge in [-0.05, 0) is 82.0 Å². The quantitative estimate of drug-likeness (QED) is 0.584. The molecule has 4 bridgehead atoms. The van der Waals surface area contributed by atoms with Gasteiger partial charge in [-0.3, -0.25) is 0 Å². The minimum absolute atomic E-state index is 0.0880. The maximum absolute atomic E-state index is 11.2. The van der Waals surface area contributed by atoms with Gasteiger partial charge in [0.1, 0.15) is 0 Å². The van der Waals surface area contributed by atoms with Crippen molar-refractivity contribution in [2.24, 2.45) is 0 Å². The summed E-state index contributed by atoms with van der Waals surface area (Å²) in [5.74, 6) is 0. The molecule has 1 heteroatoms. The molecule has 0 saturated heterocycles. The monoisotopic (exact) mass is 364 g/mol. The number of rotatable bonds is 0. The number of hydrogen-bond acceptors (Lipinski definition) is 1. The van der Waals surface area contributed by atoms with Crippen LogP contribution in [0.1, 0.15) is 92.2 Å². The lowest BCUT2D eigenvalue weighted by atomic mass is 9.78. The summed E-state index contributed by atoms with van der Waals surface area (Å²) in [4.78, 5) is 0. The first-order valence-electron chi connectivity index (χ1n) is 10.3. The van der Waals surface area contributed by atoms with Gasteiger partial charge in [-0.15, -0.1) is 0 Å². The molecule has 0 radical (unpaired) electrons. The molecule has 2 aromatic carbocycles. The molecule has 1 N–H and O–H groups in total. The Morgan fingerprint density at radius 2 is 1.15 bits per heavy atom. The second-order valence-electron chi connectivity index (χ2n) is 10.5. The highest BCUT2D eigenvalue weighted by atomic mass is 16.3. The maximum atomic E-state index is 11.2. The van der Waals surface area contributed by atoms with Gasteiger partial charge in [0.05, 0.1) is 6.10 Å². The molecule has 1 aliphatic carbocycles. The van der Waals surface area contributed by atoms with Crippen LogP contribution in [0.2, 0.25) is 0 Å². The highest BCUT2D eigenvalue weighted by Gasteiger charge is 2.24. The molecule has 0 aliphatic heterocycles. The second kappa shape index (κ2) is 6.78. The van der Waals surface area contributed by atoms with Crippen LogP contribution in [0.3, 0.4) is 0 Å². The van der Waals surface area contributed by atoms with E-state index < -0.39 is 6.10 Å². The Labute approximate surface area is 165 Å². The average Bonchev–Trinajstić information content (AvgIpc) is 2.53. The molecule has 3 rings (SSSR count). The van der Waals surface area contributed by atoms with E-state index in [9.17, 15) is 5.11 Å². The maximum Gasteiger partial charge on any atom is 0.0833 e. The second-order valence-corrected chi connectivity index (χ2v) is 10.5. The van der Waals surface area contributed by atoms with Gasteiger partial charge in [-0.2, -0.15) is 0 Å². The fraction of sp³-hybridized carbons (Fsp3) is 0.538. The lowest BCUT2D eigenvalue weighted by Gasteiger charge is -2.28. The third kappa shape index (κ3) is 3.99. The summed E-state index contributed by atoms with van der Waals surface area (Å²) >= 11 is 0. The molecular weight excluding hydrogens is 328 g/mol. The fourth-order valence-corrected chi connectivity index (χ4v) is 4.17. The average molecular weight is 365 g/mol.